The number of hydrogen-bond donors (Lipinski definition) is 2. The van der Waals surface area contributed by atoms with Crippen molar-refractivity contribution < 1.29 is 9.90 Å². The van der Waals surface area contributed by atoms with Crippen LogP contribution in [0.25, 0.3) is 0 Å². The van der Waals surface area contributed by atoms with Crippen molar-refractivity contribution in [2.45, 2.75) is 25.8 Å². The average Bonchev–Trinajstić information content (AvgIpc) is 2.17. The Labute approximate surface area is 88.3 Å². The van der Waals surface area contributed by atoms with E-state index in [4.69, 9.17) is 10.8 Å². The van der Waals surface area contributed by atoms with Gasteiger partial charge in [-0.3, -0.25) is 4.90 Å². The SMILES string of the molecule is CC1CCc2c(N)cccc2N1C(=O)O. The van der Waals surface area contributed by atoms with Gasteiger partial charge < -0.3 is 10.8 Å². The Morgan fingerprint density at radius 1 is 1.60 bits per heavy atom. The van der Waals surface area contributed by atoms with Crippen LogP contribution < -0.4 is 10.6 Å². The normalized spacial score (nSPS) is 19.8. The zero-order valence-corrected chi connectivity index (χ0v) is 8.60. The molecule has 2 rings (SSSR count). The highest BCUT2D eigenvalue weighted by atomic mass is 16.4. The van der Waals surface area contributed by atoms with Gasteiger partial charge in [-0.1, -0.05) is 6.07 Å². The number of amides is 1. The molecule has 0 bridgehead atoms. The maximum absolute atomic E-state index is 11.1. The van der Waals surface area contributed by atoms with Crippen LogP contribution in [-0.2, 0) is 6.42 Å². The number of anilines is 2. The molecule has 0 aromatic heterocycles. The maximum Gasteiger partial charge on any atom is 0.412 e. The molecule has 1 aromatic rings. The highest BCUT2D eigenvalue weighted by Gasteiger charge is 2.28. The van der Waals surface area contributed by atoms with Crippen molar-refractivity contribution in [1.82, 2.24) is 0 Å². The van der Waals surface area contributed by atoms with E-state index in [-0.39, 0.29) is 6.04 Å². The lowest BCUT2D eigenvalue weighted by Gasteiger charge is -2.33. The van der Waals surface area contributed by atoms with Gasteiger partial charge in [0.05, 0.1) is 5.69 Å². The minimum atomic E-state index is -0.908. The summed E-state index contributed by atoms with van der Waals surface area (Å²) in [4.78, 5) is 12.5. The number of carbonyl (C=O) groups is 1. The first-order valence-corrected chi connectivity index (χ1v) is 5.00. The first kappa shape index (κ1) is 9.83. The van der Waals surface area contributed by atoms with Crippen LogP contribution in [0.15, 0.2) is 18.2 Å². The van der Waals surface area contributed by atoms with Gasteiger partial charge in [-0.15, -0.1) is 0 Å². The smallest absolute Gasteiger partial charge is 0.412 e. The number of nitrogen functional groups attached to an aromatic ring is 1. The third-order valence-corrected chi connectivity index (χ3v) is 2.91. The Balaban J connectivity index is 2.53. The third kappa shape index (κ3) is 1.52. The molecule has 0 saturated heterocycles. The number of nitrogens with two attached hydrogens (primary N) is 1. The molecule has 80 valence electrons. The number of carboxylic acid groups (broad SMARTS) is 1. The Morgan fingerprint density at radius 3 is 3.00 bits per heavy atom. The highest BCUT2D eigenvalue weighted by molar-refractivity contribution is 5.89. The van der Waals surface area contributed by atoms with Crippen molar-refractivity contribution in [3.63, 3.8) is 0 Å². The summed E-state index contributed by atoms with van der Waals surface area (Å²) < 4.78 is 0. The summed E-state index contributed by atoms with van der Waals surface area (Å²) in [6, 6.07) is 5.45. The molecule has 1 atom stereocenters. The second-order valence-corrected chi connectivity index (χ2v) is 3.89. The number of nitrogens with zero attached hydrogens (tertiary/aromatic N) is 1. The molecule has 1 aliphatic heterocycles. The topological polar surface area (TPSA) is 66.6 Å². The molecule has 1 aliphatic rings. The van der Waals surface area contributed by atoms with Gasteiger partial charge in [0, 0.05) is 11.7 Å². The van der Waals surface area contributed by atoms with Crippen LogP contribution in [0, 0.1) is 0 Å². The van der Waals surface area contributed by atoms with Gasteiger partial charge >= 0.3 is 6.09 Å². The molecule has 4 heteroatoms. The lowest BCUT2D eigenvalue weighted by molar-refractivity contribution is 0.198. The number of benzene rings is 1. The van der Waals surface area contributed by atoms with Gasteiger partial charge in [0.25, 0.3) is 0 Å². The zero-order valence-electron chi connectivity index (χ0n) is 8.60. The molecule has 3 N–H and O–H groups in total. The van der Waals surface area contributed by atoms with Crippen LogP contribution in [0.5, 0.6) is 0 Å². The molecule has 0 fully saturated rings. The van der Waals surface area contributed by atoms with Crippen LogP contribution in [-0.4, -0.2) is 17.2 Å². The molecule has 1 aromatic carbocycles. The summed E-state index contributed by atoms with van der Waals surface area (Å²) in [5.74, 6) is 0. The van der Waals surface area contributed by atoms with Crippen LogP contribution >= 0.6 is 0 Å². The van der Waals surface area contributed by atoms with E-state index >= 15 is 0 Å². The van der Waals surface area contributed by atoms with Crippen molar-refractivity contribution in [2.24, 2.45) is 0 Å². The zero-order chi connectivity index (χ0) is 11.0. The second-order valence-electron chi connectivity index (χ2n) is 3.89. The molecule has 15 heavy (non-hydrogen) atoms. The van der Waals surface area contributed by atoms with E-state index in [9.17, 15) is 4.79 Å². The largest absolute Gasteiger partial charge is 0.465 e. The Hall–Kier alpha value is -1.71. The fourth-order valence-corrected chi connectivity index (χ4v) is 2.10. The molecule has 0 saturated carbocycles. The van der Waals surface area contributed by atoms with E-state index in [2.05, 4.69) is 0 Å². The Bertz CT molecular complexity index is 404. The predicted molar refractivity (Wildman–Crippen MR) is 59.1 cm³/mol. The Morgan fingerprint density at radius 2 is 2.33 bits per heavy atom. The lowest BCUT2D eigenvalue weighted by Crippen LogP contribution is -2.41. The molecule has 0 spiro atoms. The summed E-state index contributed by atoms with van der Waals surface area (Å²) >= 11 is 0. The van der Waals surface area contributed by atoms with Crippen molar-refractivity contribution in [2.75, 3.05) is 10.6 Å². The average molecular weight is 206 g/mol. The summed E-state index contributed by atoms with van der Waals surface area (Å²) in [6.45, 7) is 1.92. The number of fused-ring (bicyclic) bond motifs is 1. The summed E-state index contributed by atoms with van der Waals surface area (Å²) in [7, 11) is 0. The first-order valence-electron chi connectivity index (χ1n) is 5.00. The van der Waals surface area contributed by atoms with Gasteiger partial charge in [0.2, 0.25) is 0 Å². The van der Waals surface area contributed by atoms with Crippen LogP contribution in [0.4, 0.5) is 16.2 Å². The van der Waals surface area contributed by atoms with E-state index in [1.54, 1.807) is 6.07 Å². The quantitative estimate of drug-likeness (QED) is 0.639. The molecule has 1 amide bonds. The summed E-state index contributed by atoms with van der Waals surface area (Å²) in [6.07, 6.45) is 0.773. The number of rotatable bonds is 0. The lowest BCUT2D eigenvalue weighted by atomic mass is 9.96. The van der Waals surface area contributed by atoms with Crippen LogP contribution in [0.1, 0.15) is 18.9 Å². The minimum absolute atomic E-state index is 0.0248. The van der Waals surface area contributed by atoms with Crippen molar-refractivity contribution in [3.8, 4) is 0 Å². The maximum atomic E-state index is 11.1. The fraction of sp³-hybridized carbons (Fsp3) is 0.364. The molecule has 1 heterocycles. The van der Waals surface area contributed by atoms with Gasteiger partial charge in [-0.05, 0) is 37.5 Å². The Kier molecular flexibility index (Phi) is 2.26. The van der Waals surface area contributed by atoms with E-state index in [1.165, 1.54) is 4.90 Å². The van der Waals surface area contributed by atoms with Crippen LogP contribution in [0.2, 0.25) is 0 Å². The minimum Gasteiger partial charge on any atom is -0.465 e. The van der Waals surface area contributed by atoms with Gasteiger partial charge in [0.15, 0.2) is 0 Å². The van der Waals surface area contributed by atoms with E-state index in [0.717, 1.165) is 24.1 Å². The van der Waals surface area contributed by atoms with E-state index < -0.39 is 6.09 Å². The first-order chi connectivity index (χ1) is 7.11. The summed E-state index contributed by atoms with van der Waals surface area (Å²) in [5.41, 5.74) is 8.21. The standard InChI is InChI=1S/C11H14N2O2/c1-7-5-6-8-9(12)3-2-4-10(8)13(7)11(14)15/h2-4,7H,5-6,12H2,1H3,(H,14,15). The van der Waals surface area contributed by atoms with E-state index in [1.807, 2.05) is 19.1 Å². The fourth-order valence-electron chi connectivity index (χ4n) is 2.10. The van der Waals surface area contributed by atoms with E-state index in [0.29, 0.717) is 5.69 Å². The molecule has 1 unspecified atom stereocenters. The predicted octanol–water partition coefficient (Wildman–Crippen LogP) is 2.09. The van der Waals surface area contributed by atoms with Gasteiger partial charge in [-0.25, -0.2) is 4.79 Å². The highest BCUT2D eigenvalue weighted by Crippen LogP contribution is 2.33. The molecule has 0 aliphatic carbocycles. The van der Waals surface area contributed by atoms with Crippen molar-refractivity contribution >= 4 is 17.5 Å². The third-order valence-electron chi connectivity index (χ3n) is 2.91. The molecule has 0 radical (unpaired) electrons. The monoisotopic (exact) mass is 206 g/mol. The number of hydrogen-bond acceptors (Lipinski definition) is 2. The van der Waals surface area contributed by atoms with Gasteiger partial charge in [-0.2, -0.15) is 0 Å². The molecule has 4 nitrogen and oxygen atoms in total. The second kappa shape index (κ2) is 3.46. The van der Waals surface area contributed by atoms with Gasteiger partial charge in [0.1, 0.15) is 0 Å². The van der Waals surface area contributed by atoms with Crippen molar-refractivity contribution in [3.05, 3.63) is 23.8 Å². The summed E-state index contributed by atoms with van der Waals surface area (Å²) in [5, 5.41) is 9.13. The molecular formula is C11H14N2O2. The van der Waals surface area contributed by atoms with Crippen molar-refractivity contribution in [1.29, 1.82) is 0 Å². The molecular weight excluding hydrogens is 192 g/mol. The van der Waals surface area contributed by atoms with Crippen LogP contribution in [0.3, 0.4) is 0 Å².